The second kappa shape index (κ2) is 8.33. The van der Waals surface area contributed by atoms with Gasteiger partial charge < -0.3 is 15.0 Å². The van der Waals surface area contributed by atoms with E-state index >= 15 is 0 Å². The van der Waals surface area contributed by atoms with E-state index in [1.165, 1.54) is 4.88 Å². The number of nitrogens with one attached hydrogen (secondary N) is 1. The van der Waals surface area contributed by atoms with Crippen LogP contribution in [0.2, 0.25) is 0 Å². The lowest BCUT2D eigenvalue weighted by molar-refractivity contribution is -0.124. The topological polar surface area (TPSA) is 58.6 Å². The Hall–Kier alpha value is -2.34. The summed E-state index contributed by atoms with van der Waals surface area (Å²) in [5, 5.41) is 4.74. The third-order valence-corrected chi connectivity index (χ3v) is 4.14. The predicted molar refractivity (Wildman–Crippen MR) is 92.1 cm³/mol. The molecule has 0 atom stereocenters. The van der Waals surface area contributed by atoms with Crippen LogP contribution in [0.25, 0.3) is 0 Å². The van der Waals surface area contributed by atoms with Gasteiger partial charge in [0.05, 0.1) is 5.56 Å². The summed E-state index contributed by atoms with van der Waals surface area (Å²) in [5.41, 5.74) is 1.34. The van der Waals surface area contributed by atoms with Gasteiger partial charge in [-0.15, -0.1) is 11.3 Å². The summed E-state index contributed by atoms with van der Waals surface area (Å²) in [7, 11) is 3.79. The van der Waals surface area contributed by atoms with Gasteiger partial charge in [-0.2, -0.15) is 0 Å². The quantitative estimate of drug-likeness (QED) is 0.791. The molecule has 5 nitrogen and oxygen atoms in total. The van der Waals surface area contributed by atoms with E-state index in [9.17, 15) is 9.59 Å². The van der Waals surface area contributed by atoms with E-state index in [2.05, 4.69) is 5.32 Å². The molecule has 1 aromatic heterocycles. The van der Waals surface area contributed by atoms with Gasteiger partial charge in [-0.05, 0) is 36.1 Å². The molecule has 0 saturated heterocycles. The molecule has 2 rings (SSSR count). The van der Waals surface area contributed by atoms with Crippen LogP contribution in [0.1, 0.15) is 15.2 Å². The number of thiophene rings is 1. The molecule has 0 aliphatic carbocycles. The van der Waals surface area contributed by atoms with Crippen molar-refractivity contribution in [2.24, 2.45) is 0 Å². The fourth-order valence-electron chi connectivity index (χ4n) is 1.96. The summed E-state index contributed by atoms with van der Waals surface area (Å²) in [6.45, 7) is 0.266. The normalized spacial score (nSPS) is 10.2. The van der Waals surface area contributed by atoms with Gasteiger partial charge in [0, 0.05) is 31.2 Å². The SMILES string of the molecule is CN(C)c1cccc(C(=O)OCC(=O)NCCc2cccs2)c1. The minimum Gasteiger partial charge on any atom is -0.452 e. The molecule has 1 heterocycles. The molecule has 122 valence electrons. The summed E-state index contributed by atoms with van der Waals surface area (Å²) in [6, 6.07) is 11.1. The highest BCUT2D eigenvalue weighted by atomic mass is 32.1. The van der Waals surface area contributed by atoms with Crippen LogP contribution >= 0.6 is 11.3 Å². The lowest BCUT2D eigenvalue weighted by Crippen LogP contribution is -2.30. The number of ether oxygens (including phenoxy) is 1. The second-order valence-electron chi connectivity index (χ2n) is 5.20. The Bertz CT molecular complexity index is 654. The lowest BCUT2D eigenvalue weighted by Gasteiger charge is -2.13. The van der Waals surface area contributed by atoms with Crippen LogP contribution < -0.4 is 10.2 Å². The van der Waals surface area contributed by atoms with Crippen LogP contribution in [0.3, 0.4) is 0 Å². The van der Waals surface area contributed by atoms with Crippen LogP contribution in [0, 0.1) is 0 Å². The Morgan fingerprint density at radius 2 is 2.04 bits per heavy atom. The third-order valence-electron chi connectivity index (χ3n) is 3.21. The zero-order valence-corrected chi connectivity index (χ0v) is 14.1. The molecular weight excluding hydrogens is 312 g/mol. The molecule has 6 heteroatoms. The number of nitrogens with zero attached hydrogens (tertiary/aromatic N) is 1. The van der Waals surface area contributed by atoms with Gasteiger partial charge in [-0.1, -0.05) is 12.1 Å². The van der Waals surface area contributed by atoms with Crippen LogP contribution in [-0.4, -0.2) is 39.1 Å². The number of esters is 1. The number of hydrogen-bond acceptors (Lipinski definition) is 5. The Morgan fingerprint density at radius 1 is 1.22 bits per heavy atom. The minimum absolute atomic E-state index is 0.268. The Balaban J connectivity index is 1.75. The van der Waals surface area contributed by atoms with Crippen LogP contribution in [0.15, 0.2) is 41.8 Å². The zero-order valence-electron chi connectivity index (χ0n) is 13.2. The average Bonchev–Trinajstić information content (AvgIpc) is 3.06. The molecule has 2 aromatic rings. The minimum atomic E-state index is -0.498. The number of rotatable bonds is 7. The molecule has 0 spiro atoms. The summed E-state index contributed by atoms with van der Waals surface area (Å²) < 4.78 is 5.05. The molecule has 0 radical (unpaired) electrons. The monoisotopic (exact) mass is 332 g/mol. The van der Waals surface area contributed by atoms with E-state index < -0.39 is 5.97 Å². The average molecular weight is 332 g/mol. The van der Waals surface area contributed by atoms with E-state index in [1.54, 1.807) is 29.5 Å². The Kier molecular flexibility index (Phi) is 6.17. The molecule has 0 bridgehead atoms. The van der Waals surface area contributed by atoms with E-state index in [-0.39, 0.29) is 12.5 Å². The molecule has 0 saturated carbocycles. The third kappa shape index (κ3) is 5.41. The van der Waals surface area contributed by atoms with E-state index in [0.717, 1.165) is 12.1 Å². The molecular formula is C17H20N2O3S. The van der Waals surface area contributed by atoms with Crippen LogP contribution in [0.5, 0.6) is 0 Å². The second-order valence-corrected chi connectivity index (χ2v) is 6.23. The number of amides is 1. The fraction of sp³-hybridized carbons (Fsp3) is 0.294. The highest BCUT2D eigenvalue weighted by Gasteiger charge is 2.11. The van der Waals surface area contributed by atoms with Gasteiger partial charge in [0.15, 0.2) is 6.61 Å². The van der Waals surface area contributed by atoms with Crippen LogP contribution in [-0.2, 0) is 16.0 Å². The van der Waals surface area contributed by atoms with Crippen molar-refractivity contribution in [3.8, 4) is 0 Å². The van der Waals surface area contributed by atoms with Crippen molar-refractivity contribution in [2.45, 2.75) is 6.42 Å². The number of carbonyl (C=O) groups excluding carboxylic acids is 2. The van der Waals surface area contributed by atoms with E-state index in [0.29, 0.717) is 12.1 Å². The van der Waals surface area contributed by atoms with E-state index in [4.69, 9.17) is 4.74 Å². The number of benzene rings is 1. The first kappa shape index (κ1) is 17.0. The maximum Gasteiger partial charge on any atom is 0.338 e. The number of hydrogen-bond donors (Lipinski definition) is 1. The van der Waals surface area contributed by atoms with Gasteiger partial charge in [-0.25, -0.2) is 4.79 Å². The smallest absolute Gasteiger partial charge is 0.338 e. The molecule has 0 aliphatic heterocycles. The first-order chi connectivity index (χ1) is 11.1. The molecule has 0 aliphatic rings. The first-order valence-electron chi connectivity index (χ1n) is 7.30. The van der Waals surface area contributed by atoms with Crippen molar-refractivity contribution >= 4 is 28.9 Å². The summed E-state index contributed by atoms with van der Waals surface area (Å²) in [5.74, 6) is -0.791. The maximum absolute atomic E-state index is 12.0. The van der Waals surface area contributed by atoms with Crippen molar-refractivity contribution in [3.63, 3.8) is 0 Å². The van der Waals surface area contributed by atoms with Gasteiger partial charge in [0.1, 0.15) is 0 Å². The Morgan fingerprint density at radius 3 is 2.74 bits per heavy atom. The summed E-state index contributed by atoms with van der Waals surface area (Å²) in [4.78, 5) is 26.8. The van der Waals surface area contributed by atoms with Gasteiger partial charge in [-0.3, -0.25) is 4.79 Å². The molecule has 0 unspecified atom stereocenters. The van der Waals surface area contributed by atoms with Crippen molar-refractivity contribution in [1.82, 2.24) is 5.32 Å². The largest absolute Gasteiger partial charge is 0.452 e. The Labute approximate surface area is 139 Å². The van der Waals surface area contributed by atoms with Gasteiger partial charge >= 0.3 is 5.97 Å². The zero-order chi connectivity index (χ0) is 16.7. The van der Waals surface area contributed by atoms with Gasteiger partial charge in [0.2, 0.25) is 0 Å². The first-order valence-corrected chi connectivity index (χ1v) is 8.18. The highest BCUT2D eigenvalue weighted by Crippen LogP contribution is 2.14. The van der Waals surface area contributed by atoms with Crippen LogP contribution in [0.4, 0.5) is 5.69 Å². The number of carbonyl (C=O) groups is 2. The van der Waals surface area contributed by atoms with Crippen molar-refractivity contribution in [3.05, 3.63) is 52.2 Å². The summed E-state index contributed by atoms with van der Waals surface area (Å²) in [6.07, 6.45) is 0.780. The predicted octanol–water partition coefficient (Wildman–Crippen LogP) is 2.33. The molecule has 23 heavy (non-hydrogen) atoms. The van der Waals surface area contributed by atoms with Crippen molar-refractivity contribution in [1.29, 1.82) is 0 Å². The summed E-state index contributed by atoms with van der Waals surface area (Å²) >= 11 is 1.65. The van der Waals surface area contributed by atoms with E-state index in [1.807, 2.05) is 42.6 Å². The molecule has 1 amide bonds. The molecule has 1 N–H and O–H groups in total. The van der Waals surface area contributed by atoms with Crippen molar-refractivity contribution in [2.75, 3.05) is 32.1 Å². The number of anilines is 1. The standard InChI is InChI=1S/C17H20N2O3S/c1-19(2)14-6-3-5-13(11-14)17(21)22-12-16(20)18-9-8-15-7-4-10-23-15/h3-7,10-11H,8-9,12H2,1-2H3,(H,18,20). The molecule has 1 aromatic carbocycles. The maximum atomic E-state index is 12.0. The van der Waals surface area contributed by atoms with Crippen molar-refractivity contribution < 1.29 is 14.3 Å². The highest BCUT2D eigenvalue weighted by molar-refractivity contribution is 7.09. The fourth-order valence-corrected chi connectivity index (χ4v) is 2.67. The van der Waals surface area contributed by atoms with Gasteiger partial charge in [0.25, 0.3) is 5.91 Å². The molecule has 0 fully saturated rings. The lowest BCUT2D eigenvalue weighted by atomic mass is 10.2.